The van der Waals surface area contributed by atoms with Gasteiger partial charge in [-0.2, -0.15) is 0 Å². The van der Waals surface area contributed by atoms with Crippen molar-refractivity contribution in [3.05, 3.63) is 18.4 Å². The highest BCUT2D eigenvalue weighted by Crippen LogP contribution is 2.60. The summed E-state index contributed by atoms with van der Waals surface area (Å²) in [6.07, 6.45) is 8.47. The van der Waals surface area contributed by atoms with E-state index in [0.29, 0.717) is 41.0 Å². The van der Waals surface area contributed by atoms with Crippen molar-refractivity contribution in [2.24, 2.45) is 23.2 Å². The molecule has 0 amide bonds. The van der Waals surface area contributed by atoms with Gasteiger partial charge in [-0.25, -0.2) is 0 Å². The largest absolute Gasteiger partial charge is 0.461 e. The summed E-state index contributed by atoms with van der Waals surface area (Å²) in [6.45, 7) is 2.55. The Kier molecular flexibility index (Phi) is 5.21. The number of hydrogen-bond acceptors (Lipinski definition) is 7. The minimum absolute atomic E-state index is 0.0936. The Morgan fingerprint density at radius 2 is 1.90 bits per heavy atom. The van der Waals surface area contributed by atoms with E-state index in [1.165, 1.54) is 31.0 Å². The molecule has 4 aliphatic carbocycles. The molecule has 4 fully saturated rings. The van der Waals surface area contributed by atoms with E-state index in [1.807, 2.05) is 17.6 Å². The number of carbonyl (C=O) groups is 2. The lowest BCUT2D eigenvalue weighted by Gasteiger charge is -2.55. The van der Waals surface area contributed by atoms with Gasteiger partial charge in [0.1, 0.15) is 0 Å². The van der Waals surface area contributed by atoms with Crippen molar-refractivity contribution in [1.82, 2.24) is 14.8 Å². The molecule has 8 heteroatoms. The Bertz CT molecular complexity index is 901. The van der Waals surface area contributed by atoms with Gasteiger partial charge in [0.25, 0.3) is 0 Å². The minimum atomic E-state index is -0.386. The van der Waals surface area contributed by atoms with Crippen LogP contribution in [0.5, 0.6) is 0 Å². The molecule has 0 N–H and O–H groups in total. The van der Waals surface area contributed by atoms with Crippen LogP contribution in [0.2, 0.25) is 0 Å². The molecule has 4 bridgehead atoms. The van der Waals surface area contributed by atoms with E-state index in [-0.39, 0.29) is 29.5 Å². The molecular formula is C22H27N3O4S. The summed E-state index contributed by atoms with van der Waals surface area (Å²) in [4.78, 5) is 25.3. The summed E-state index contributed by atoms with van der Waals surface area (Å²) in [6, 6.07) is 3.63. The zero-order chi connectivity index (χ0) is 20.7. The number of ether oxygens (including phenoxy) is 1. The fraction of sp³-hybridized carbons (Fsp3) is 0.636. The van der Waals surface area contributed by atoms with Crippen LogP contribution >= 0.6 is 11.8 Å². The fourth-order valence-electron chi connectivity index (χ4n) is 6.19. The van der Waals surface area contributed by atoms with Crippen LogP contribution in [-0.2, 0) is 20.9 Å². The summed E-state index contributed by atoms with van der Waals surface area (Å²) >= 11 is 1.27. The van der Waals surface area contributed by atoms with Crippen LogP contribution in [0.3, 0.4) is 0 Å². The number of ketones is 1. The van der Waals surface area contributed by atoms with Gasteiger partial charge in [0.15, 0.2) is 29.1 Å². The third-order valence-corrected chi connectivity index (χ3v) is 8.03. The van der Waals surface area contributed by atoms with E-state index in [9.17, 15) is 9.59 Å². The van der Waals surface area contributed by atoms with Crippen LogP contribution in [0.4, 0.5) is 0 Å². The maximum absolute atomic E-state index is 13.0. The molecule has 30 heavy (non-hydrogen) atoms. The minimum Gasteiger partial charge on any atom is -0.461 e. The number of Topliss-reactive ketones (excluding diaryl/α,β-unsaturated/α-hetero) is 1. The second kappa shape index (κ2) is 7.87. The third-order valence-electron chi connectivity index (χ3n) is 7.09. The Labute approximate surface area is 179 Å². The normalized spacial score (nSPS) is 29.3. The second-order valence-electron chi connectivity index (χ2n) is 9.10. The van der Waals surface area contributed by atoms with Gasteiger partial charge in [0, 0.05) is 12.0 Å². The molecule has 0 aromatic carbocycles. The smallest absolute Gasteiger partial charge is 0.316 e. The number of aromatic nitrogens is 3. The van der Waals surface area contributed by atoms with E-state index in [1.54, 1.807) is 12.3 Å². The van der Waals surface area contributed by atoms with Gasteiger partial charge >= 0.3 is 5.97 Å². The molecule has 0 aliphatic heterocycles. The summed E-state index contributed by atoms with van der Waals surface area (Å²) in [7, 11) is 0. The first-order chi connectivity index (χ1) is 14.6. The van der Waals surface area contributed by atoms with Gasteiger partial charge in [-0.3, -0.25) is 14.2 Å². The van der Waals surface area contributed by atoms with Crippen LogP contribution < -0.4 is 0 Å². The molecule has 7 nitrogen and oxygen atoms in total. The maximum atomic E-state index is 13.0. The molecule has 2 aromatic heterocycles. The lowest BCUT2D eigenvalue weighted by Crippen LogP contribution is -2.51. The highest BCUT2D eigenvalue weighted by molar-refractivity contribution is 7.99. The fourth-order valence-corrected chi connectivity index (χ4v) is 6.99. The SMILES string of the molecule is CCn1c(SCC(=O)OCC(=O)C23CC4CC(CC(C4)C2)C3)nnc1-c1ccco1. The quantitative estimate of drug-likeness (QED) is 0.463. The first-order valence-corrected chi connectivity index (χ1v) is 11.8. The van der Waals surface area contributed by atoms with Crippen LogP contribution in [0.15, 0.2) is 28.0 Å². The molecule has 160 valence electrons. The van der Waals surface area contributed by atoms with Gasteiger partial charge < -0.3 is 9.15 Å². The molecule has 0 atom stereocenters. The molecule has 2 aromatic rings. The van der Waals surface area contributed by atoms with Crippen LogP contribution in [0, 0.1) is 23.2 Å². The van der Waals surface area contributed by atoms with E-state index in [0.717, 1.165) is 19.3 Å². The van der Waals surface area contributed by atoms with Gasteiger partial charge in [0.2, 0.25) is 0 Å². The van der Waals surface area contributed by atoms with Crippen molar-refractivity contribution in [2.45, 2.75) is 57.1 Å². The molecule has 0 unspecified atom stereocenters. The van der Waals surface area contributed by atoms with E-state index in [2.05, 4.69) is 10.2 Å². The Morgan fingerprint density at radius 3 is 2.50 bits per heavy atom. The van der Waals surface area contributed by atoms with Crippen molar-refractivity contribution in [3.8, 4) is 11.6 Å². The molecule has 4 saturated carbocycles. The molecule has 4 aliphatic rings. The molecule has 0 spiro atoms. The molecule has 6 rings (SSSR count). The number of thioether (sulfide) groups is 1. The third kappa shape index (κ3) is 3.59. The summed E-state index contributed by atoms with van der Waals surface area (Å²) in [5.74, 6) is 3.24. The summed E-state index contributed by atoms with van der Waals surface area (Å²) in [5, 5.41) is 8.99. The summed E-state index contributed by atoms with van der Waals surface area (Å²) < 4.78 is 12.7. The molecule has 0 radical (unpaired) electrons. The monoisotopic (exact) mass is 429 g/mol. The average molecular weight is 430 g/mol. The first kappa shape index (κ1) is 19.8. The average Bonchev–Trinajstić information content (AvgIpc) is 3.38. The van der Waals surface area contributed by atoms with Crippen molar-refractivity contribution in [1.29, 1.82) is 0 Å². The van der Waals surface area contributed by atoms with Gasteiger partial charge in [0.05, 0.1) is 12.0 Å². The lowest BCUT2D eigenvalue weighted by atomic mass is 9.48. The van der Waals surface area contributed by atoms with E-state index < -0.39 is 0 Å². The molecular weight excluding hydrogens is 402 g/mol. The first-order valence-electron chi connectivity index (χ1n) is 10.8. The van der Waals surface area contributed by atoms with Gasteiger partial charge in [-0.1, -0.05) is 11.8 Å². The zero-order valence-electron chi connectivity index (χ0n) is 17.2. The van der Waals surface area contributed by atoms with Crippen LogP contribution in [0.25, 0.3) is 11.6 Å². The predicted octanol–water partition coefficient (Wildman–Crippen LogP) is 3.98. The standard InChI is InChI=1S/C22H27N3O4S/c1-2-25-20(17-4-3-5-28-17)23-24-21(25)30-13-19(27)29-12-18(26)22-9-14-6-15(10-22)8-16(7-14)11-22/h3-5,14-16H,2,6-13H2,1H3. The van der Waals surface area contributed by atoms with Gasteiger partial charge in [-0.15, -0.1) is 10.2 Å². The predicted molar refractivity (Wildman–Crippen MR) is 111 cm³/mol. The van der Waals surface area contributed by atoms with Gasteiger partial charge in [-0.05, 0) is 75.3 Å². The second-order valence-corrected chi connectivity index (χ2v) is 10.0. The zero-order valence-corrected chi connectivity index (χ0v) is 18.0. The van der Waals surface area contributed by atoms with E-state index >= 15 is 0 Å². The van der Waals surface area contributed by atoms with Crippen LogP contribution in [-0.4, -0.2) is 38.9 Å². The number of furan rings is 1. The highest BCUT2D eigenvalue weighted by Gasteiger charge is 2.54. The highest BCUT2D eigenvalue weighted by atomic mass is 32.2. The number of esters is 1. The number of rotatable bonds is 8. The Morgan fingerprint density at radius 1 is 1.20 bits per heavy atom. The summed E-state index contributed by atoms with van der Waals surface area (Å²) in [5.41, 5.74) is -0.220. The maximum Gasteiger partial charge on any atom is 0.316 e. The number of hydrogen-bond donors (Lipinski definition) is 0. The van der Waals surface area contributed by atoms with E-state index in [4.69, 9.17) is 9.15 Å². The number of nitrogens with zero attached hydrogens (tertiary/aromatic N) is 3. The van der Waals surface area contributed by atoms with Crippen molar-refractivity contribution in [3.63, 3.8) is 0 Å². The lowest BCUT2D eigenvalue weighted by molar-refractivity contribution is -0.156. The van der Waals surface area contributed by atoms with Crippen molar-refractivity contribution < 1.29 is 18.7 Å². The molecule has 0 saturated heterocycles. The Hall–Kier alpha value is -2.09. The van der Waals surface area contributed by atoms with Crippen molar-refractivity contribution in [2.75, 3.05) is 12.4 Å². The van der Waals surface area contributed by atoms with Crippen LogP contribution in [0.1, 0.15) is 45.4 Å². The Balaban J connectivity index is 1.15. The molecule has 2 heterocycles. The number of carbonyl (C=O) groups excluding carboxylic acids is 2. The van der Waals surface area contributed by atoms with Crippen molar-refractivity contribution >= 4 is 23.5 Å². The topological polar surface area (TPSA) is 87.2 Å².